The standard InChI is InChI=1S/C21H17FN2O2/c22-19-13-7-8-16(14-19)15-23-24-20(25)21(26,17-9-3-1-4-10-17)18-11-5-2-6-12-18/h1-15,26H,(H,24,25). The van der Waals surface area contributed by atoms with Gasteiger partial charge in [0, 0.05) is 0 Å². The lowest BCUT2D eigenvalue weighted by atomic mass is 9.85. The summed E-state index contributed by atoms with van der Waals surface area (Å²) in [5.74, 6) is -1.10. The zero-order valence-electron chi connectivity index (χ0n) is 13.8. The Morgan fingerprint density at radius 1 is 0.923 bits per heavy atom. The van der Waals surface area contributed by atoms with Crippen LogP contribution in [-0.2, 0) is 10.4 Å². The lowest BCUT2D eigenvalue weighted by Crippen LogP contribution is -2.43. The predicted octanol–water partition coefficient (Wildman–Crippen LogP) is 3.21. The highest BCUT2D eigenvalue weighted by Crippen LogP contribution is 2.29. The lowest BCUT2D eigenvalue weighted by Gasteiger charge is -2.27. The summed E-state index contributed by atoms with van der Waals surface area (Å²) in [6, 6.07) is 23.1. The summed E-state index contributed by atoms with van der Waals surface area (Å²) in [6.07, 6.45) is 1.32. The van der Waals surface area contributed by atoms with Crippen LogP contribution in [0.4, 0.5) is 4.39 Å². The van der Waals surface area contributed by atoms with Crippen LogP contribution in [0.1, 0.15) is 16.7 Å². The molecule has 0 atom stereocenters. The van der Waals surface area contributed by atoms with Gasteiger partial charge in [0.05, 0.1) is 6.21 Å². The van der Waals surface area contributed by atoms with Crippen LogP contribution in [0.15, 0.2) is 90.0 Å². The minimum absolute atomic E-state index is 0.398. The van der Waals surface area contributed by atoms with E-state index in [1.165, 1.54) is 18.3 Å². The number of hydrazone groups is 1. The fraction of sp³-hybridized carbons (Fsp3) is 0.0476. The fourth-order valence-electron chi connectivity index (χ4n) is 2.62. The lowest BCUT2D eigenvalue weighted by molar-refractivity contribution is -0.136. The minimum Gasteiger partial charge on any atom is -0.372 e. The number of benzene rings is 3. The molecule has 2 N–H and O–H groups in total. The Kier molecular flexibility index (Phi) is 5.20. The largest absolute Gasteiger partial charge is 0.372 e. The molecule has 0 bridgehead atoms. The number of aliphatic hydroxyl groups is 1. The van der Waals surface area contributed by atoms with Crippen molar-refractivity contribution in [1.82, 2.24) is 5.43 Å². The fourth-order valence-corrected chi connectivity index (χ4v) is 2.62. The van der Waals surface area contributed by atoms with Crippen molar-refractivity contribution in [1.29, 1.82) is 0 Å². The van der Waals surface area contributed by atoms with E-state index < -0.39 is 17.3 Å². The number of hydrogen-bond donors (Lipinski definition) is 2. The van der Waals surface area contributed by atoms with Gasteiger partial charge < -0.3 is 5.11 Å². The van der Waals surface area contributed by atoms with Gasteiger partial charge in [-0.05, 0) is 28.8 Å². The number of amides is 1. The van der Waals surface area contributed by atoms with Crippen LogP contribution in [0.3, 0.4) is 0 Å². The van der Waals surface area contributed by atoms with Gasteiger partial charge in [0.25, 0.3) is 5.91 Å². The molecule has 4 nitrogen and oxygen atoms in total. The van der Waals surface area contributed by atoms with Crippen molar-refractivity contribution in [2.45, 2.75) is 5.60 Å². The van der Waals surface area contributed by atoms with E-state index in [1.54, 1.807) is 72.8 Å². The molecular formula is C21H17FN2O2. The maximum Gasteiger partial charge on any atom is 0.281 e. The zero-order valence-corrected chi connectivity index (χ0v) is 13.8. The zero-order chi connectivity index (χ0) is 18.4. The molecule has 0 aromatic heterocycles. The molecule has 5 heteroatoms. The van der Waals surface area contributed by atoms with Gasteiger partial charge in [-0.2, -0.15) is 5.10 Å². The van der Waals surface area contributed by atoms with Crippen LogP contribution in [0, 0.1) is 5.82 Å². The van der Waals surface area contributed by atoms with E-state index in [4.69, 9.17) is 0 Å². The molecule has 0 aliphatic rings. The van der Waals surface area contributed by atoms with Gasteiger partial charge in [0.2, 0.25) is 0 Å². The molecule has 0 heterocycles. The van der Waals surface area contributed by atoms with Gasteiger partial charge in [-0.3, -0.25) is 4.79 Å². The summed E-state index contributed by atoms with van der Waals surface area (Å²) < 4.78 is 13.2. The molecule has 0 spiro atoms. The van der Waals surface area contributed by atoms with E-state index >= 15 is 0 Å². The maximum atomic E-state index is 13.2. The van der Waals surface area contributed by atoms with Gasteiger partial charge in [0.15, 0.2) is 5.60 Å². The first-order chi connectivity index (χ1) is 12.6. The molecule has 3 aromatic carbocycles. The van der Waals surface area contributed by atoms with Crippen LogP contribution in [-0.4, -0.2) is 17.2 Å². The molecule has 3 aromatic rings. The van der Waals surface area contributed by atoms with E-state index in [0.717, 1.165) is 0 Å². The topological polar surface area (TPSA) is 61.7 Å². The van der Waals surface area contributed by atoms with Crippen LogP contribution in [0.2, 0.25) is 0 Å². The molecule has 0 aliphatic carbocycles. The molecular weight excluding hydrogens is 331 g/mol. The third-order valence-corrected chi connectivity index (χ3v) is 3.94. The van der Waals surface area contributed by atoms with E-state index in [1.807, 2.05) is 0 Å². The number of nitrogens with one attached hydrogen (secondary N) is 1. The van der Waals surface area contributed by atoms with Gasteiger partial charge in [-0.25, -0.2) is 9.82 Å². The van der Waals surface area contributed by atoms with Gasteiger partial charge in [-0.1, -0.05) is 72.8 Å². The van der Waals surface area contributed by atoms with Gasteiger partial charge >= 0.3 is 0 Å². The maximum absolute atomic E-state index is 13.2. The molecule has 1 amide bonds. The third-order valence-electron chi connectivity index (χ3n) is 3.94. The summed E-state index contributed by atoms with van der Waals surface area (Å²) in [5, 5.41) is 15.1. The number of nitrogens with zero attached hydrogens (tertiary/aromatic N) is 1. The Balaban J connectivity index is 1.89. The van der Waals surface area contributed by atoms with Crippen LogP contribution < -0.4 is 5.43 Å². The highest BCUT2D eigenvalue weighted by Gasteiger charge is 2.39. The molecule has 3 rings (SSSR count). The second-order valence-electron chi connectivity index (χ2n) is 5.70. The van der Waals surface area contributed by atoms with E-state index in [-0.39, 0.29) is 0 Å². The molecule has 0 unspecified atom stereocenters. The first kappa shape index (κ1) is 17.5. The molecule has 0 aliphatic heterocycles. The van der Waals surface area contributed by atoms with E-state index in [9.17, 15) is 14.3 Å². The minimum atomic E-state index is -1.90. The first-order valence-electron chi connectivity index (χ1n) is 8.03. The molecule has 0 fully saturated rings. The Bertz CT molecular complexity index is 872. The summed E-state index contributed by atoms with van der Waals surface area (Å²) in [7, 11) is 0. The Labute approximate surface area is 150 Å². The van der Waals surface area contributed by atoms with E-state index in [2.05, 4.69) is 10.5 Å². The number of rotatable bonds is 5. The predicted molar refractivity (Wildman–Crippen MR) is 98.0 cm³/mol. The van der Waals surface area contributed by atoms with Crippen molar-refractivity contribution < 1.29 is 14.3 Å². The van der Waals surface area contributed by atoms with Crippen molar-refractivity contribution >= 4 is 12.1 Å². The Hall–Kier alpha value is -3.31. The molecule has 26 heavy (non-hydrogen) atoms. The molecule has 0 radical (unpaired) electrons. The number of halogens is 1. The SMILES string of the molecule is O=C(NN=Cc1cccc(F)c1)C(O)(c1ccccc1)c1ccccc1. The van der Waals surface area contributed by atoms with Crippen LogP contribution in [0.5, 0.6) is 0 Å². The smallest absolute Gasteiger partial charge is 0.281 e. The van der Waals surface area contributed by atoms with Crippen molar-refractivity contribution in [2.24, 2.45) is 5.10 Å². The summed E-state index contributed by atoms with van der Waals surface area (Å²) in [4.78, 5) is 12.8. The van der Waals surface area contributed by atoms with Gasteiger partial charge in [-0.15, -0.1) is 0 Å². The first-order valence-corrected chi connectivity index (χ1v) is 8.03. The van der Waals surface area contributed by atoms with Crippen molar-refractivity contribution in [2.75, 3.05) is 0 Å². The van der Waals surface area contributed by atoms with Gasteiger partial charge in [0.1, 0.15) is 5.82 Å². The Morgan fingerprint density at radius 3 is 2.04 bits per heavy atom. The third kappa shape index (κ3) is 3.68. The number of carbonyl (C=O) groups is 1. The van der Waals surface area contributed by atoms with Crippen LogP contribution >= 0.6 is 0 Å². The number of carbonyl (C=O) groups excluding carboxylic acids is 1. The highest BCUT2D eigenvalue weighted by atomic mass is 19.1. The normalized spacial score (nSPS) is 11.5. The monoisotopic (exact) mass is 348 g/mol. The molecule has 0 saturated carbocycles. The second-order valence-corrected chi connectivity index (χ2v) is 5.70. The number of hydrogen-bond acceptors (Lipinski definition) is 3. The molecule has 0 saturated heterocycles. The highest BCUT2D eigenvalue weighted by molar-refractivity contribution is 5.91. The average Bonchev–Trinajstić information content (AvgIpc) is 2.68. The Morgan fingerprint density at radius 2 is 1.50 bits per heavy atom. The molecule has 130 valence electrons. The quantitative estimate of drug-likeness (QED) is 0.549. The van der Waals surface area contributed by atoms with Crippen molar-refractivity contribution in [3.63, 3.8) is 0 Å². The average molecular weight is 348 g/mol. The van der Waals surface area contributed by atoms with Crippen molar-refractivity contribution in [3.8, 4) is 0 Å². The van der Waals surface area contributed by atoms with Crippen LogP contribution in [0.25, 0.3) is 0 Å². The van der Waals surface area contributed by atoms with Crippen molar-refractivity contribution in [3.05, 3.63) is 107 Å². The van der Waals surface area contributed by atoms with E-state index in [0.29, 0.717) is 16.7 Å². The summed E-state index contributed by atoms with van der Waals surface area (Å²) >= 11 is 0. The second kappa shape index (κ2) is 7.72. The summed E-state index contributed by atoms with van der Waals surface area (Å²) in [5.41, 5.74) is 1.78. The summed E-state index contributed by atoms with van der Waals surface area (Å²) in [6.45, 7) is 0.